The molecule has 0 N–H and O–H groups in total. The van der Waals surface area contributed by atoms with Crippen LogP contribution in [0.25, 0.3) is 0 Å². The number of anilines is 1. The van der Waals surface area contributed by atoms with Crippen LogP contribution in [0.15, 0.2) is 42.5 Å². The first-order chi connectivity index (χ1) is 11.6. The summed E-state index contributed by atoms with van der Waals surface area (Å²) in [6.45, 7) is 4.78. The second-order valence-electron chi connectivity index (χ2n) is 6.76. The smallest absolute Gasteiger partial charge is 0.228 e. The molecule has 2 fully saturated rings. The Morgan fingerprint density at radius 1 is 1.17 bits per heavy atom. The van der Waals surface area contributed by atoms with E-state index in [1.807, 2.05) is 36.1 Å². The van der Waals surface area contributed by atoms with E-state index in [9.17, 15) is 9.18 Å². The number of hydrogen-bond acceptors (Lipinski definition) is 3. The maximum absolute atomic E-state index is 13.3. The van der Waals surface area contributed by atoms with E-state index in [4.69, 9.17) is 0 Å². The summed E-state index contributed by atoms with van der Waals surface area (Å²) in [5, 5.41) is 0. The van der Waals surface area contributed by atoms with E-state index in [0.29, 0.717) is 12.5 Å². The zero-order valence-corrected chi connectivity index (χ0v) is 13.7. The quantitative estimate of drug-likeness (QED) is 0.870. The molecule has 0 saturated carbocycles. The summed E-state index contributed by atoms with van der Waals surface area (Å²) in [5.74, 6) is 1.23. The van der Waals surface area contributed by atoms with Gasteiger partial charge in [0.05, 0.1) is 5.92 Å². The predicted molar refractivity (Wildman–Crippen MR) is 90.0 cm³/mol. The molecule has 3 heterocycles. The molecule has 2 aromatic rings. The number of likely N-dealkylation sites (tertiary alicyclic amines) is 1. The van der Waals surface area contributed by atoms with E-state index in [0.717, 1.165) is 36.7 Å². The van der Waals surface area contributed by atoms with E-state index in [-0.39, 0.29) is 17.6 Å². The summed E-state index contributed by atoms with van der Waals surface area (Å²) in [4.78, 5) is 21.3. The predicted octanol–water partition coefficient (Wildman–Crippen LogP) is 2.62. The Bertz CT molecular complexity index is 779. The highest BCUT2D eigenvalue weighted by atomic mass is 19.1. The number of rotatable bonds is 3. The van der Waals surface area contributed by atoms with Gasteiger partial charge < -0.3 is 9.80 Å². The molecule has 2 aliphatic heterocycles. The summed E-state index contributed by atoms with van der Waals surface area (Å²) in [6.07, 6.45) is 0. The first kappa shape index (κ1) is 15.1. The molecule has 2 aliphatic rings. The lowest BCUT2D eigenvalue weighted by molar-refractivity contribution is -0.131. The van der Waals surface area contributed by atoms with Gasteiger partial charge in [0.25, 0.3) is 0 Å². The highest BCUT2D eigenvalue weighted by molar-refractivity contribution is 5.83. The molecule has 1 amide bonds. The van der Waals surface area contributed by atoms with Gasteiger partial charge in [-0.05, 0) is 36.8 Å². The standard InChI is InChI=1S/C19H20FN3O/c1-13-4-2-7-18(21-13)22-10-15-11-23(19(24)17(15)12-22)9-14-5-3-6-16(20)8-14/h2-8,15,17H,9-12H2,1H3/t15-,17-/m1/s1. The van der Waals surface area contributed by atoms with Gasteiger partial charge in [0.2, 0.25) is 5.91 Å². The third kappa shape index (κ3) is 2.75. The fourth-order valence-corrected chi connectivity index (χ4v) is 3.83. The van der Waals surface area contributed by atoms with Crippen LogP contribution in [-0.2, 0) is 11.3 Å². The number of fused-ring (bicyclic) bond motifs is 1. The summed E-state index contributed by atoms with van der Waals surface area (Å²) < 4.78 is 13.3. The van der Waals surface area contributed by atoms with Gasteiger partial charge in [0.15, 0.2) is 0 Å². The Balaban J connectivity index is 1.45. The Hall–Kier alpha value is -2.43. The Morgan fingerprint density at radius 3 is 2.75 bits per heavy atom. The van der Waals surface area contributed by atoms with Crippen molar-refractivity contribution < 1.29 is 9.18 Å². The maximum Gasteiger partial charge on any atom is 0.228 e. The van der Waals surface area contributed by atoms with Gasteiger partial charge in [-0.25, -0.2) is 9.37 Å². The third-order valence-corrected chi connectivity index (χ3v) is 4.98. The van der Waals surface area contributed by atoms with E-state index in [2.05, 4.69) is 9.88 Å². The van der Waals surface area contributed by atoms with Crippen molar-refractivity contribution >= 4 is 11.7 Å². The van der Waals surface area contributed by atoms with Crippen LogP contribution in [0.5, 0.6) is 0 Å². The number of carbonyl (C=O) groups is 1. The van der Waals surface area contributed by atoms with Gasteiger partial charge >= 0.3 is 0 Å². The van der Waals surface area contributed by atoms with Crippen molar-refractivity contribution in [2.45, 2.75) is 13.5 Å². The van der Waals surface area contributed by atoms with Gasteiger partial charge in [-0.15, -0.1) is 0 Å². The maximum atomic E-state index is 13.3. The van der Waals surface area contributed by atoms with E-state index in [1.165, 1.54) is 12.1 Å². The molecular weight excluding hydrogens is 305 g/mol. The Morgan fingerprint density at radius 2 is 2.00 bits per heavy atom. The summed E-state index contributed by atoms with van der Waals surface area (Å²) >= 11 is 0. The van der Waals surface area contributed by atoms with Crippen LogP contribution >= 0.6 is 0 Å². The lowest BCUT2D eigenvalue weighted by atomic mass is 10.0. The number of amides is 1. The largest absolute Gasteiger partial charge is 0.355 e. The van der Waals surface area contributed by atoms with Gasteiger partial charge in [-0.1, -0.05) is 18.2 Å². The van der Waals surface area contributed by atoms with Crippen LogP contribution in [0.4, 0.5) is 10.2 Å². The molecule has 124 valence electrons. The van der Waals surface area contributed by atoms with Crippen molar-refractivity contribution in [1.82, 2.24) is 9.88 Å². The average molecular weight is 325 g/mol. The number of aromatic nitrogens is 1. The molecule has 0 bridgehead atoms. The second-order valence-corrected chi connectivity index (χ2v) is 6.76. The first-order valence-electron chi connectivity index (χ1n) is 8.32. The number of nitrogens with zero attached hydrogens (tertiary/aromatic N) is 3. The number of pyridine rings is 1. The molecule has 4 rings (SSSR count). The fraction of sp³-hybridized carbons (Fsp3) is 0.368. The topological polar surface area (TPSA) is 36.4 Å². The van der Waals surface area contributed by atoms with E-state index < -0.39 is 0 Å². The first-order valence-corrected chi connectivity index (χ1v) is 8.32. The molecule has 0 unspecified atom stereocenters. The number of carbonyl (C=O) groups excluding carboxylic acids is 1. The molecule has 4 nitrogen and oxygen atoms in total. The van der Waals surface area contributed by atoms with Gasteiger partial charge in [0.1, 0.15) is 11.6 Å². The molecule has 24 heavy (non-hydrogen) atoms. The summed E-state index contributed by atoms with van der Waals surface area (Å²) in [5.41, 5.74) is 1.84. The molecule has 5 heteroatoms. The van der Waals surface area contributed by atoms with Crippen molar-refractivity contribution in [1.29, 1.82) is 0 Å². The highest BCUT2D eigenvalue weighted by Gasteiger charge is 2.46. The van der Waals surface area contributed by atoms with Crippen LogP contribution in [0.1, 0.15) is 11.3 Å². The molecular formula is C19H20FN3O. The van der Waals surface area contributed by atoms with Crippen molar-refractivity contribution in [3.8, 4) is 0 Å². The molecule has 2 saturated heterocycles. The average Bonchev–Trinajstić information content (AvgIpc) is 3.08. The van der Waals surface area contributed by atoms with Gasteiger partial charge in [0, 0.05) is 37.8 Å². The van der Waals surface area contributed by atoms with Crippen molar-refractivity contribution in [3.05, 3.63) is 59.5 Å². The third-order valence-electron chi connectivity index (χ3n) is 4.98. The van der Waals surface area contributed by atoms with Crippen LogP contribution in [0.3, 0.4) is 0 Å². The monoisotopic (exact) mass is 325 g/mol. The molecule has 0 aliphatic carbocycles. The zero-order chi connectivity index (χ0) is 16.7. The molecule has 1 aromatic heterocycles. The minimum Gasteiger partial charge on any atom is -0.355 e. The number of hydrogen-bond donors (Lipinski definition) is 0. The minimum absolute atomic E-state index is 0.0286. The lowest BCUT2D eigenvalue weighted by Gasteiger charge is -2.22. The number of halogens is 1. The Labute approximate surface area is 140 Å². The van der Waals surface area contributed by atoms with Crippen LogP contribution in [0, 0.1) is 24.6 Å². The van der Waals surface area contributed by atoms with E-state index >= 15 is 0 Å². The summed E-state index contributed by atoms with van der Waals surface area (Å²) in [6, 6.07) is 12.5. The van der Waals surface area contributed by atoms with Crippen LogP contribution < -0.4 is 4.90 Å². The highest BCUT2D eigenvalue weighted by Crippen LogP contribution is 2.35. The normalized spacial score (nSPS) is 23.0. The molecule has 0 radical (unpaired) electrons. The van der Waals surface area contributed by atoms with Crippen molar-refractivity contribution in [2.75, 3.05) is 24.5 Å². The van der Waals surface area contributed by atoms with Crippen LogP contribution in [-0.4, -0.2) is 35.4 Å². The van der Waals surface area contributed by atoms with Crippen molar-refractivity contribution in [3.63, 3.8) is 0 Å². The number of aryl methyl sites for hydroxylation is 1. The second kappa shape index (κ2) is 5.89. The fourth-order valence-electron chi connectivity index (χ4n) is 3.83. The van der Waals surface area contributed by atoms with E-state index in [1.54, 1.807) is 6.07 Å². The Kier molecular flexibility index (Phi) is 3.71. The van der Waals surface area contributed by atoms with Gasteiger partial charge in [-0.2, -0.15) is 0 Å². The molecule has 0 spiro atoms. The van der Waals surface area contributed by atoms with Crippen molar-refractivity contribution in [2.24, 2.45) is 11.8 Å². The molecule has 2 atom stereocenters. The van der Waals surface area contributed by atoms with Gasteiger partial charge in [-0.3, -0.25) is 4.79 Å². The SMILES string of the molecule is Cc1cccc(N2C[C@@H]3CN(Cc4cccc(F)c4)C(=O)[C@@H]3C2)n1. The zero-order valence-electron chi connectivity index (χ0n) is 13.7. The summed E-state index contributed by atoms with van der Waals surface area (Å²) in [7, 11) is 0. The lowest BCUT2D eigenvalue weighted by Crippen LogP contribution is -2.32. The van der Waals surface area contributed by atoms with Crippen LogP contribution in [0.2, 0.25) is 0 Å². The minimum atomic E-state index is -0.254. The number of benzene rings is 1. The molecule has 1 aromatic carbocycles.